The van der Waals surface area contributed by atoms with Crippen LogP contribution in [0.2, 0.25) is 0 Å². The van der Waals surface area contributed by atoms with Crippen molar-refractivity contribution in [2.75, 3.05) is 4.90 Å². The van der Waals surface area contributed by atoms with Crippen molar-refractivity contribution in [3.8, 4) is 0 Å². The molecule has 2 heteroatoms. The van der Waals surface area contributed by atoms with Crippen LogP contribution < -0.4 is 4.90 Å². The zero-order valence-corrected chi connectivity index (χ0v) is 21.9. The van der Waals surface area contributed by atoms with Gasteiger partial charge in [0.2, 0.25) is 0 Å². The van der Waals surface area contributed by atoms with Gasteiger partial charge in [0.15, 0.2) is 0 Å². The number of unbranched alkanes of at least 4 members (excludes halogenated alkanes) is 2. The minimum Gasteiger partial charge on any atom is -0.310 e. The lowest BCUT2D eigenvalue weighted by atomic mass is 10.1. The quantitative estimate of drug-likeness (QED) is 0.186. The number of hydrogen-bond acceptors (Lipinski definition) is 2. The molecule has 0 bridgehead atoms. The third-order valence-electron chi connectivity index (χ3n) is 6.35. The van der Waals surface area contributed by atoms with E-state index in [1.54, 1.807) is 0 Å². The number of hydrogen-bond donors (Lipinski definition) is 0. The van der Waals surface area contributed by atoms with Crippen molar-refractivity contribution < 1.29 is 0 Å². The van der Waals surface area contributed by atoms with Crippen LogP contribution >= 0.6 is 11.8 Å². The highest BCUT2D eigenvalue weighted by molar-refractivity contribution is 7.98. The molecule has 4 rings (SSSR count). The molecule has 0 N–H and O–H groups in total. The summed E-state index contributed by atoms with van der Waals surface area (Å²) in [4.78, 5) is 3.68. The van der Waals surface area contributed by atoms with E-state index in [9.17, 15) is 0 Å². The molecule has 180 valence electrons. The second-order valence-electron chi connectivity index (χ2n) is 9.15. The van der Waals surface area contributed by atoms with Gasteiger partial charge in [0.05, 0.1) is 0 Å². The summed E-state index contributed by atoms with van der Waals surface area (Å²) in [6.45, 7) is 4.51. The Kier molecular flexibility index (Phi) is 9.48. The molecule has 0 atom stereocenters. The summed E-state index contributed by atoms with van der Waals surface area (Å²) < 4.78 is 0. The van der Waals surface area contributed by atoms with Crippen LogP contribution in [0.3, 0.4) is 0 Å². The second-order valence-corrected chi connectivity index (χ2v) is 10.2. The Hall–Kier alpha value is -2.97. The van der Waals surface area contributed by atoms with Gasteiger partial charge in [-0.05, 0) is 84.8 Å². The monoisotopic (exact) mass is 479 g/mol. The summed E-state index contributed by atoms with van der Waals surface area (Å²) in [5.74, 6) is 0.975. The molecule has 35 heavy (non-hydrogen) atoms. The number of benzene rings is 4. The Morgan fingerprint density at radius 2 is 1.11 bits per heavy atom. The molecule has 0 aliphatic heterocycles. The highest BCUT2D eigenvalue weighted by Gasteiger charge is 2.13. The van der Waals surface area contributed by atoms with E-state index in [0.29, 0.717) is 0 Å². The molecule has 0 aliphatic carbocycles. The Morgan fingerprint density at radius 3 is 1.66 bits per heavy atom. The van der Waals surface area contributed by atoms with Crippen molar-refractivity contribution in [3.05, 3.63) is 120 Å². The van der Waals surface area contributed by atoms with Crippen LogP contribution in [0.1, 0.15) is 56.2 Å². The first-order valence-corrected chi connectivity index (χ1v) is 14.0. The summed E-state index contributed by atoms with van der Waals surface area (Å²) in [5, 5.41) is 0. The van der Waals surface area contributed by atoms with Crippen molar-refractivity contribution in [1.82, 2.24) is 0 Å². The molecule has 0 saturated heterocycles. The summed E-state index contributed by atoms with van der Waals surface area (Å²) in [7, 11) is 0. The highest BCUT2D eigenvalue weighted by atomic mass is 32.2. The van der Waals surface area contributed by atoms with Gasteiger partial charge < -0.3 is 4.90 Å². The fraction of sp³-hybridized carbons (Fsp3) is 0.273. The van der Waals surface area contributed by atoms with Gasteiger partial charge in [0.1, 0.15) is 0 Å². The fourth-order valence-electron chi connectivity index (χ4n) is 4.29. The van der Waals surface area contributed by atoms with E-state index in [1.807, 2.05) is 11.8 Å². The number of anilines is 3. The van der Waals surface area contributed by atoms with Gasteiger partial charge in [-0.3, -0.25) is 0 Å². The third kappa shape index (κ3) is 7.26. The van der Waals surface area contributed by atoms with Gasteiger partial charge in [-0.2, -0.15) is 0 Å². The van der Waals surface area contributed by atoms with E-state index in [1.165, 1.54) is 64.3 Å². The van der Waals surface area contributed by atoms with Crippen LogP contribution in [0.4, 0.5) is 17.1 Å². The van der Waals surface area contributed by atoms with E-state index in [2.05, 4.69) is 122 Å². The summed E-state index contributed by atoms with van der Waals surface area (Å²) in [6.07, 6.45) is 7.23. The smallest absolute Gasteiger partial charge is 0.0472 e. The van der Waals surface area contributed by atoms with Crippen molar-refractivity contribution in [1.29, 1.82) is 0 Å². The summed E-state index contributed by atoms with van der Waals surface area (Å²) >= 11 is 1.89. The molecule has 0 amide bonds. The minimum absolute atomic E-state index is 0.975. The first-order chi connectivity index (χ1) is 17.3. The topological polar surface area (TPSA) is 3.24 Å². The number of rotatable bonds is 12. The Bertz CT molecular complexity index is 1100. The fourth-order valence-corrected chi connectivity index (χ4v) is 5.19. The van der Waals surface area contributed by atoms with Crippen LogP contribution in [0.15, 0.2) is 108 Å². The average Bonchev–Trinajstić information content (AvgIpc) is 2.92. The van der Waals surface area contributed by atoms with E-state index in [0.717, 1.165) is 18.6 Å². The van der Waals surface area contributed by atoms with E-state index in [-0.39, 0.29) is 0 Å². The Labute approximate surface area is 216 Å². The first-order valence-electron chi connectivity index (χ1n) is 13.0. The first kappa shape index (κ1) is 25.1. The standard InChI is InChI=1S/C33H37NS/c1-3-5-11-27-17-21-30(22-18-27)34(31-23-19-28(20-24-31)12-6-4-2)32-15-10-16-33(25-32)35-26-29-13-8-7-9-14-29/h7-10,13-25H,3-6,11-12,26H2,1-2H3. The lowest BCUT2D eigenvalue weighted by Gasteiger charge is -2.26. The van der Waals surface area contributed by atoms with E-state index in [4.69, 9.17) is 0 Å². The molecule has 4 aromatic carbocycles. The van der Waals surface area contributed by atoms with E-state index >= 15 is 0 Å². The van der Waals surface area contributed by atoms with Crippen LogP contribution in [0.5, 0.6) is 0 Å². The minimum atomic E-state index is 0.975. The van der Waals surface area contributed by atoms with Gasteiger partial charge in [-0.25, -0.2) is 0 Å². The van der Waals surface area contributed by atoms with Crippen LogP contribution in [-0.4, -0.2) is 0 Å². The molecular formula is C33H37NS. The highest BCUT2D eigenvalue weighted by Crippen LogP contribution is 2.37. The molecule has 0 unspecified atom stereocenters. The summed E-state index contributed by atoms with van der Waals surface area (Å²) in [5.41, 5.74) is 7.79. The molecule has 4 aromatic rings. The lowest BCUT2D eigenvalue weighted by Crippen LogP contribution is -2.10. The van der Waals surface area contributed by atoms with Gasteiger partial charge in [0.25, 0.3) is 0 Å². The van der Waals surface area contributed by atoms with Crippen LogP contribution in [0, 0.1) is 0 Å². The SMILES string of the molecule is CCCCc1ccc(N(c2ccc(CCCC)cc2)c2cccc(SCc3ccccc3)c2)cc1. The van der Waals surface area contributed by atoms with Crippen molar-refractivity contribution in [3.63, 3.8) is 0 Å². The maximum absolute atomic E-state index is 2.39. The van der Waals surface area contributed by atoms with Crippen LogP contribution in [-0.2, 0) is 18.6 Å². The molecule has 0 aromatic heterocycles. The maximum atomic E-state index is 2.39. The molecule has 0 radical (unpaired) electrons. The number of aryl methyl sites for hydroxylation is 2. The van der Waals surface area contributed by atoms with Crippen molar-refractivity contribution in [2.24, 2.45) is 0 Å². The third-order valence-corrected chi connectivity index (χ3v) is 7.42. The Morgan fingerprint density at radius 1 is 0.543 bits per heavy atom. The lowest BCUT2D eigenvalue weighted by molar-refractivity contribution is 0.795. The molecular weight excluding hydrogens is 442 g/mol. The normalized spacial score (nSPS) is 10.9. The van der Waals surface area contributed by atoms with Crippen molar-refractivity contribution in [2.45, 2.75) is 63.0 Å². The number of thioether (sulfide) groups is 1. The maximum Gasteiger partial charge on any atom is 0.0472 e. The molecule has 0 spiro atoms. The molecule has 1 nitrogen and oxygen atoms in total. The van der Waals surface area contributed by atoms with Gasteiger partial charge in [-0.15, -0.1) is 11.8 Å². The molecule has 0 fully saturated rings. The average molecular weight is 480 g/mol. The van der Waals surface area contributed by atoms with E-state index < -0.39 is 0 Å². The van der Waals surface area contributed by atoms with Crippen molar-refractivity contribution >= 4 is 28.8 Å². The molecule has 0 heterocycles. The zero-order chi connectivity index (χ0) is 24.3. The zero-order valence-electron chi connectivity index (χ0n) is 21.1. The second kappa shape index (κ2) is 13.2. The number of nitrogens with zero attached hydrogens (tertiary/aromatic N) is 1. The molecule has 0 saturated carbocycles. The van der Waals surface area contributed by atoms with Gasteiger partial charge >= 0.3 is 0 Å². The summed E-state index contributed by atoms with van der Waals surface area (Å²) in [6, 6.07) is 37.9. The van der Waals surface area contributed by atoms with Gasteiger partial charge in [0, 0.05) is 27.7 Å². The largest absolute Gasteiger partial charge is 0.310 e. The predicted octanol–water partition coefficient (Wildman–Crippen LogP) is 10.1. The molecule has 0 aliphatic rings. The Balaban J connectivity index is 1.62. The predicted molar refractivity (Wildman–Crippen MR) is 154 cm³/mol. The van der Waals surface area contributed by atoms with Gasteiger partial charge in [-0.1, -0.05) is 87.4 Å². The van der Waals surface area contributed by atoms with Crippen LogP contribution in [0.25, 0.3) is 0 Å².